The second-order valence-electron chi connectivity index (χ2n) is 7.62. The fourth-order valence-corrected chi connectivity index (χ4v) is 5.08. The molecule has 1 aromatic rings. The Morgan fingerprint density at radius 2 is 1.50 bits per heavy atom. The molecule has 0 spiro atoms. The van der Waals surface area contributed by atoms with E-state index >= 15 is 0 Å². The lowest BCUT2D eigenvalue weighted by atomic mass is 9.82. The summed E-state index contributed by atoms with van der Waals surface area (Å²) in [5.41, 5.74) is 1.18. The highest BCUT2D eigenvalue weighted by atomic mass is 16.6. The van der Waals surface area contributed by atoms with Crippen molar-refractivity contribution in [1.29, 1.82) is 0 Å². The lowest BCUT2D eigenvalue weighted by Crippen LogP contribution is -2.15. The molecule has 2 nitrogen and oxygen atoms in total. The predicted octanol–water partition coefficient (Wildman–Crippen LogP) is 6.66. The van der Waals surface area contributed by atoms with Crippen LogP contribution in [0.1, 0.15) is 71.8 Å². The number of aryl methyl sites for hydroxylation is 1. The van der Waals surface area contributed by atoms with Gasteiger partial charge >= 0.3 is 0 Å². The fraction of sp³-hybridized carbons (Fsp3) is 0.750. The van der Waals surface area contributed by atoms with Crippen molar-refractivity contribution in [3.8, 4) is 5.75 Å². The Balaban J connectivity index is 0.000000159. The third kappa shape index (κ3) is 5.49. The highest BCUT2D eigenvalue weighted by Gasteiger charge is 2.48. The first-order chi connectivity index (χ1) is 12.8. The molecule has 5 atom stereocenters. The second kappa shape index (κ2) is 11.0. The molecule has 1 aromatic carbocycles. The largest absolute Gasteiger partial charge is 0.491 e. The number of rotatable bonds is 3. The van der Waals surface area contributed by atoms with Crippen LogP contribution < -0.4 is 4.74 Å². The van der Waals surface area contributed by atoms with Gasteiger partial charge in [-0.15, -0.1) is 0 Å². The molecule has 3 aliphatic carbocycles. The average molecular weight is 361 g/mol. The van der Waals surface area contributed by atoms with Gasteiger partial charge in [-0.2, -0.15) is 0 Å². The van der Waals surface area contributed by atoms with Gasteiger partial charge in [-0.25, -0.2) is 0 Å². The summed E-state index contributed by atoms with van der Waals surface area (Å²) in [5, 5.41) is 0. The van der Waals surface area contributed by atoms with Crippen LogP contribution in [0.2, 0.25) is 0 Å². The molecule has 4 aliphatic rings. The van der Waals surface area contributed by atoms with Crippen molar-refractivity contribution in [2.75, 3.05) is 13.2 Å². The van der Waals surface area contributed by atoms with Crippen molar-refractivity contribution >= 4 is 0 Å². The lowest BCUT2D eigenvalue weighted by Gasteiger charge is -2.23. The minimum absolute atomic E-state index is 0.338. The Labute approximate surface area is 161 Å². The Hall–Kier alpha value is -1.02. The van der Waals surface area contributed by atoms with Crippen LogP contribution in [0.3, 0.4) is 0 Å². The third-order valence-corrected chi connectivity index (χ3v) is 6.27. The first-order valence-electron chi connectivity index (χ1n) is 11.1. The van der Waals surface area contributed by atoms with Crippen LogP contribution in [0.15, 0.2) is 24.3 Å². The van der Waals surface area contributed by atoms with Gasteiger partial charge < -0.3 is 9.47 Å². The number of hydrogen-bond donors (Lipinski definition) is 0. The maximum atomic E-state index is 5.54. The van der Waals surface area contributed by atoms with Gasteiger partial charge in [0, 0.05) is 0 Å². The van der Waals surface area contributed by atoms with E-state index in [0.29, 0.717) is 12.7 Å². The summed E-state index contributed by atoms with van der Waals surface area (Å²) in [4.78, 5) is 0. The zero-order valence-electron chi connectivity index (χ0n) is 17.7. The number of ether oxygens (including phenoxy) is 2. The zero-order chi connectivity index (χ0) is 18.9. The molecule has 26 heavy (non-hydrogen) atoms. The Kier molecular flexibility index (Phi) is 8.98. The molecule has 0 aromatic heterocycles. The molecule has 2 bridgehead atoms. The van der Waals surface area contributed by atoms with Crippen molar-refractivity contribution < 1.29 is 9.47 Å². The van der Waals surface area contributed by atoms with Crippen LogP contribution in [0, 0.1) is 30.6 Å². The van der Waals surface area contributed by atoms with Crippen molar-refractivity contribution in [2.24, 2.45) is 23.7 Å². The summed E-state index contributed by atoms with van der Waals surface area (Å²) in [6.45, 7) is 11.6. The molecule has 1 heterocycles. The van der Waals surface area contributed by atoms with Crippen LogP contribution >= 0.6 is 0 Å². The number of epoxide rings is 1. The Morgan fingerprint density at radius 3 is 2.04 bits per heavy atom. The quantitative estimate of drug-likeness (QED) is 0.562. The molecule has 148 valence electrons. The van der Waals surface area contributed by atoms with E-state index in [0.717, 1.165) is 12.4 Å². The van der Waals surface area contributed by atoms with Gasteiger partial charge in [0.1, 0.15) is 18.5 Å². The van der Waals surface area contributed by atoms with Crippen LogP contribution in [-0.2, 0) is 4.74 Å². The van der Waals surface area contributed by atoms with Crippen molar-refractivity contribution in [3.63, 3.8) is 0 Å². The van der Waals surface area contributed by atoms with E-state index in [2.05, 4.69) is 0 Å². The lowest BCUT2D eigenvalue weighted by molar-refractivity contribution is 0.259. The monoisotopic (exact) mass is 360 g/mol. The zero-order valence-corrected chi connectivity index (χ0v) is 17.7. The number of fused-ring (bicyclic) bond motifs is 5. The second-order valence-corrected chi connectivity index (χ2v) is 7.62. The first-order valence-corrected chi connectivity index (χ1v) is 11.1. The maximum Gasteiger partial charge on any atom is 0.122 e. The van der Waals surface area contributed by atoms with E-state index in [1.54, 1.807) is 38.5 Å². The molecular weight excluding hydrogens is 320 g/mol. The topological polar surface area (TPSA) is 21.8 Å². The van der Waals surface area contributed by atoms with Crippen molar-refractivity contribution in [1.82, 2.24) is 0 Å². The SMILES string of the molecule is C1CC2C3CCC(C3)C2C1.CC.CC.Cc1ccccc1OCC1CO1. The maximum absolute atomic E-state index is 5.54. The normalized spacial score (nSPS) is 32.1. The van der Waals surface area contributed by atoms with Gasteiger partial charge in [0.05, 0.1) is 6.61 Å². The molecule has 1 saturated heterocycles. The molecular formula is C24H40O2. The van der Waals surface area contributed by atoms with E-state index in [9.17, 15) is 0 Å². The first kappa shape index (κ1) is 21.3. The molecule has 4 fully saturated rings. The molecule has 0 radical (unpaired) electrons. The highest BCUT2D eigenvalue weighted by Crippen LogP contribution is 2.58. The molecule has 0 amide bonds. The highest BCUT2D eigenvalue weighted by molar-refractivity contribution is 5.31. The van der Waals surface area contributed by atoms with Gasteiger partial charge in [0.2, 0.25) is 0 Å². The van der Waals surface area contributed by atoms with Crippen LogP contribution in [0.5, 0.6) is 5.75 Å². The minimum atomic E-state index is 0.338. The Bertz CT molecular complexity index is 493. The van der Waals surface area contributed by atoms with Gasteiger partial charge in [-0.1, -0.05) is 52.3 Å². The van der Waals surface area contributed by atoms with E-state index in [4.69, 9.17) is 9.47 Å². The van der Waals surface area contributed by atoms with Gasteiger partial charge in [0.25, 0.3) is 0 Å². The average Bonchev–Trinajstić information content (AvgIpc) is 3.10. The fourth-order valence-electron chi connectivity index (χ4n) is 5.08. The van der Waals surface area contributed by atoms with E-state index < -0.39 is 0 Å². The van der Waals surface area contributed by atoms with Gasteiger partial charge in [0.15, 0.2) is 0 Å². The molecule has 5 rings (SSSR count). The summed E-state index contributed by atoms with van der Waals surface area (Å²) < 4.78 is 10.6. The molecule has 0 N–H and O–H groups in total. The minimum Gasteiger partial charge on any atom is -0.491 e. The number of hydrogen-bond acceptors (Lipinski definition) is 2. The summed E-state index contributed by atoms with van der Waals surface area (Å²) in [6, 6.07) is 8.02. The number of para-hydroxylation sites is 1. The summed E-state index contributed by atoms with van der Waals surface area (Å²) in [5.74, 6) is 5.76. The van der Waals surface area contributed by atoms with Crippen LogP contribution in [0.4, 0.5) is 0 Å². The van der Waals surface area contributed by atoms with Gasteiger partial charge in [-0.3, -0.25) is 0 Å². The molecule has 2 heteroatoms. The van der Waals surface area contributed by atoms with E-state index in [1.807, 2.05) is 58.9 Å². The number of benzene rings is 1. The van der Waals surface area contributed by atoms with E-state index in [1.165, 1.54) is 29.2 Å². The Morgan fingerprint density at radius 1 is 0.923 bits per heavy atom. The van der Waals surface area contributed by atoms with Crippen LogP contribution in [0.25, 0.3) is 0 Å². The third-order valence-electron chi connectivity index (χ3n) is 6.27. The predicted molar refractivity (Wildman–Crippen MR) is 111 cm³/mol. The van der Waals surface area contributed by atoms with Gasteiger partial charge in [-0.05, 0) is 74.3 Å². The molecule has 1 aliphatic heterocycles. The van der Waals surface area contributed by atoms with Crippen molar-refractivity contribution in [3.05, 3.63) is 29.8 Å². The van der Waals surface area contributed by atoms with Crippen molar-refractivity contribution in [2.45, 2.75) is 79.2 Å². The molecule has 5 unspecified atom stereocenters. The summed E-state index contributed by atoms with van der Waals surface area (Å²) in [7, 11) is 0. The smallest absolute Gasteiger partial charge is 0.122 e. The molecule has 3 saturated carbocycles. The standard InChI is InChI=1S/C10H12O2.C10H16.2C2H6/c1-8-4-2-3-5-10(8)12-7-9-6-11-9;1-2-9-7-4-5-8(6-7)10(9)3-1;2*1-2/h2-5,9H,6-7H2,1H3;7-10H,1-6H2;2*1-2H3. The summed E-state index contributed by atoms with van der Waals surface area (Å²) in [6.07, 6.45) is 9.87. The van der Waals surface area contributed by atoms with Crippen LogP contribution in [-0.4, -0.2) is 19.3 Å². The summed E-state index contributed by atoms with van der Waals surface area (Å²) >= 11 is 0. The van der Waals surface area contributed by atoms with E-state index in [-0.39, 0.29) is 0 Å².